The lowest BCUT2D eigenvalue weighted by atomic mass is 10.1. The molecule has 0 radical (unpaired) electrons. The lowest BCUT2D eigenvalue weighted by Crippen LogP contribution is -2.24. The minimum atomic E-state index is -0.339. The van der Waals surface area contributed by atoms with Crippen molar-refractivity contribution < 1.29 is 9.59 Å². The Morgan fingerprint density at radius 1 is 1.13 bits per heavy atom. The van der Waals surface area contributed by atoms with E-state index < -0.39 is 0 Å². The monoisotopic (exact) mass is 199 g/mol. The average Bonchev–Trinajstić information content (AvgIpc) is 2.55. The van der Waals surface area contributed by atoms with Crippen molar-refractivity contribution in [3.8, 4) is 0 Å². The number of hydrogen-bond donors (Lipinski definition) is 0. The molecule has 2 amide bonds. The quantitative estimate of drug-likeness (QED) is 0.678. The maximum absolute atomic E-state index is 11.7. The van der Waals surface area contributed by atoms with E-state index >= 15 is 0 Å². The van der Waals surface area contributed by atoms with Gasteiger partial charge in [-0.1, -0.05) is 36.9 Å². The van der Waals surface area contributed by atoms with E-state index in [1.165, 1.54) is 12.3 Å². The number of amides is 2. The third-order valence-electron chi connectivity index (χ3n) is 2.22. The molecule has 0 bridgehead atoms. The molecule has 0 saturated carbocycles. The van der Waals surface area contributed by atoms with Crippen LogP contribution < -0.4 is 0 Å². The van der Waals surface area contributed by atoms with E-state index in [1.54, 1.807) is 12.1 Å². The van der Waals surface area contributed by atoms with E-state index in [0.29, 0.717) is 5.57 Å². The van der Waals surface area contributed by atoms with Crippen LogP contribution >= 0.6 is 0 Å². The molecule has 1 aromatic carbocycles. The van der Waals surface area contributed by atoms with E-state index in [1.807, 2.05) is 18.2 Å². The van der Waals surface area contributed by atoms with Crippen molar-refractivity contribution in [2.24, 2.45) is 0 Å². The van der Waals surface area contributed by atoms with E-state index in [-0.39, 0.29) is 11.8 Å². The first-order valence-electron chi connectivity index (χ1n) is 4.51. The zero-order valence-corrected chi connectivity index (χ0v) is 8.01. The maximum atomic E-state index is 11.7. The van der Waals surface area contributed by atoms with Gasteiger partial charge in [-0.25, -0.2) is 0 Å². The van der Waals surface area contributed by atoms with Gasteiger partial charge in [0.05, 0.1) is 5.57 Å². The van der Waals surface area contributed by atoms with Gasteiger partial charge in [-0.3, -0.25) is 14.5 Å². The molecule has 0 N–H and O–H groups in total. The van der Waals surface area contributed by atoms with Gasteiger partial charge in [0.15, 0.2) is 0 Å². The molecule has 15 heavy (non-hydrogen) atoms. The molecule has 1 aliphatic rings. The van der Waals surface area contributed by atoms with Crippen LogP contribution in [0.15, 0.2) is 49.2 Å². The van der Waals surface area contributed by atoms with Crippen LogP contribution in [0.2, 0.25) is 0 Å². The molecule has 0 unspecified atom stereocenters. The molecule has 1 heterocycles. The summed E-state index contributed by atoms with van der Waals surface area (Å²) < 4.78 is 0. The summed E-state index contributed by atoms with van der Waals surface area (Å²) in [4.78, 5) is 24.1. The van der Waals surface area contributed by atoms with Gasteiger partial charge < -0.3 is 0 Å². The first-order chi connectivity index (χ1) is 7.24. The van der Waals surface area contributed by atoms with Gasteiger partial charge in [-0.05, 0) is 5.56 Å². The van der Waals surface area contributed by atoms with Crippen LogP contribution in [-0.4, -0.2) is 16.7 Å². The van der Waals surface area contributed by atoms with Gasteiger partial charge in [0, 0.05) is 12.3 Å². The topological polar surface area (TPSA) is 37.4 Å². The molecule has 2 rings (SSSR count). The van der Waals surface area contributed by atoms with E-state index in [9.17, 15) is 9.59 Å². The molecular weight excluding hydrogens is 190 g/mol. The smallest absolute Gasteiger partial charge is 0.265 e. The predicted octanol–water partition coefficient (Wildman–Crippen LogP) is 1.58. The second kappa shape index (κ2) is 3.53. The van der Waals surface area contributed by atoms with Crippen molar-refractivity contribution in [2.45, 2.75) is 0 Å². The summed E-state index contributed by atoms with van der Waals surface area (Å²) in [6, 6.07) is 9.10. The summed E-state index contributed by atoms with van der Waals surface area (Å²) in [7, 11) is 0. The zero-order chi connectivity index (χ0) is 10.8. The normalized spacial score (nSPS) is 15.5. The van der Waals surface area contributed by atoms with E-state index in [4.69, 9.17) is 0 Å². The fraction of sp³-hybridized carbons (Fsp3) is 0. The first-order valence-corrected chi connectivity index (χ1v) is 4.51. The largest absolute Gasteiger partial charge is 0.269 e. The molecule has 0 aromatic heterocycles. The molecule has 0 saturated heterocycles. The number of carbonyl (C=O) groups is 2. The summed E-state index contributed by atoms with van der Waals surface area (Å²) >= 11 is 0. The Balaban J connectivity index is 2.42. The lowest BCUT2D eigenvalue weighted by Gasteiger charge is -2.07. The Morgan fingerprint density at radius 2 is 1.80 bits per heavy atom. The number of benzene rings is 1. The van der Waals surface area contributed by atoms with Crippen molar-refractivity contribution in [3.63, 3.8) is 0 Å². The zero-order valence-electron chi connectivity index (χ0n) is 8.01. The van der Waals surface area contributed by atoms with Crippen molar-refractivity contribution in [3.05, 3.63) is 54.8 Å². The minimum Gasteiger partial charge on any atom is -0.269 e. The van der Waals surface area contributed by atoms with Gasteiger partial charge in [-0.15, -0.1) is 0 Å². The Bertz CT molecular complexity index is 460. The second-order valence-corrected chi connectivity index (χ2v) is 3.12. The van der Waals surface area contributed by atoms with Crippen molar-refractivity contribution in [2.75, 3.05) is 0 Å². The molecule has 0 spiro atoms. The highest BCUT2D eigenvalue weighted by Crippen LogP contribution is 2.22. The van der Waals surface area contributed by atoms with E-state index in [2.05, 4.69) is 6.58 Å². The maximum Gasteiger partial charge on any atom is 0.265 e. The van der Waals surface area contributed by atoms with Crippen LogP contribution in [0.1, 0.15) is 5.56 Å². The van der Waals surface area contributed by atoms with Gasteiger partial charge in [0.25, 0.3) is 11.8 Å². The van der Waals surface area contributed by atoms with Crippen LogP contribution in [0.5, 0.6) is 0 Å². The molecule has 1 aliphatic heterocycles. The third kappa shape index (κ3) is 1.48. The molecule has 3 nitrogen and oxygen atoms in total. The Hall–Kier alpha value is -2.16. The summed E-state index contributed by atoms with van der Waals surface area (Å²) in [5, 5.41) is 0. The Morgan fingerprint density at radius 3 is 2.33 bits per heavy atom. The van der Waals surface area contributed by atoms with Gasteiger partial charge >= 0.3 is 0 Å². The standard InChI is InChI=1S/C12H9NO2/c1-2-13-11(14)8-10(12(13)15)9-6-4-3-5-7-9/h2-8H,1H2. The van der Waals surface area contributed by atoms with Crippen molar-refractivity contribution >= 4 is 17.4 Å². The van der Waals surface area contributed by atoms with Crippen LogP contribution in [0.4, 0.5) is 0 Å². The predicted molar refractivity (Wildman–Crippen MR) is 56.5 cm³/mol. The Labute approximate surface area is 87.3 Å². The number of nitrogens with zero attached hydrogens (tertiary/aromatic N) is 1. The summed E-state index contributed by atoms with van der Waals surface area (Å²) in [5.74, 6) is -0.657. The number of carbonyl (C=O) groups excluding carboxylic acids is 2. The Kier molecular flexibility index (Phi) is 2.21. The SMILES string of the molecule is C=CN1C(=O)C=C(c2ccccc2)C1=O. The van der Waals surface area contributed by atoms with Gasteiger partial charge in [-0.2, -0.15) is 0 Å². The second-order valence-electron chi connectivity index (χ2n) is 3.12. The van der Waals surface area contributed by atoms with Crippen molar-refractivity contribution in [1.82, 2.24) is 4.90 Å². The van der Waals surface area contributed by atoms with Gasteiger partial charge in [0.2, 0.25) is 0 Å². The van der Waals surface area contributed by atoms with Crippen LogP contribution in [0.25, 0.3) is 5.57 Å². The highest BCUT2D eigenvalue weighted by Gasteiger charge is 2.29. The highest BCUT2D eigenvalue weighted by atomic mass is 16.2. The van der Waals surface area contributed by atoms with Crippen LogP contribution in [0, 0.1) is 0 Å². The summed E-state index contributed by atoms with van der Waals surface area (Å²) in [6.07, 6.45) is 2.57. The number of rotatable bonds is 2. The molecule has 1 aromatic rings. The van der Waals surface area contributed by atoms with Crippen molar-refractivity contribution in [1.29, 1.82) is 0 Å². The molecule has 0 fully saturated rings. The highest BCUT2D eigenvalue weighted by molar-refractivity contribution is 6.33. The average molecular weight is 199 g/mol. The molecule has 3 heteroatoms. The first kappa shape index (κ1) is 9.40. The van der Waals surface area contributed by atoms with Crippen LogP contribution in [0.3, 0.4) is 0 Å². The minimum absolute atomic E-state index is 0.318. The molecule has 0 atom stereocenters. The number of hydrogen-bond acceptors (Lipinski definition) is 2. The molecule has 74 valence electrons. The summed E-state index contributed by atoms with van der Waals surface area (Å²) in [5.41, 5.74) is 1.17. The number of imide groups is 1. The van der Waals surface area contributed by atoms with Gasteiger partial charge in [0.1, 0.15) is 0 Å². The third-order valence-corrected chi connectivity index (χ3v) is 2.22. The van der Waals surface area contributed by atoms with Crippen LogP contribution in [-0.2, 0) is 9.59 Å². The summed E-state index contributed by atoms with van der Waals surface area (Å²) in [6.45, 7) is 3.42. The van der Waals surface area contributed by atoms with E-state index in [0.717, 1.165) is 10.5 Å². The lowest BCUT2D eigenvalue weighted by molar-refractivity contribution is -0.133. The fourth-order valence-corrected chi connectivity index (χ4v) is 1.48. The fourth-order valence-electron chi connectivity index (χ4n) is 1.48. The molecular formula is C12H9NO2. The molecule has 0 aliphatic carbocycles.